The highest BCUT2D eigenvalue weighted by Gasteiger charge is 2.32. The zero-order chi connectivity index (χ0) is 15.8. The maximum absolute atomic E-state index is 14.2. The number of allylic oxidation sites excluding steroid dienone is 4. The first kappa shape index (κ1) is 19.5. The van der Waals surface area contributed by atoms with Gasteiger partial charge in [-0.05, 0) is 18.5 Å². The summed E-state index contributed by atoms with van der Waals surface area (Å²) in [7, 11) is -1.97. The third-order valence-electron chi connectivity index (χ3n) is 4.59. The van der Waals surface area contributed by atoms with E-state index in [0.717, 1.165) is 31.0 Å². The van der Waals surface area contributed by atoms with Crippen molar-refractivity contribution in [2.45, 2.75) is 78.4 Å². The average molecular weight is 306 g/mol. The summed E-state index contributed by atoms with van der Waals surface area (Å²) < 4.78 is 41.8. The Hall–Kier alpha value is -0.513. The Kier molecular flexibility index (Phi) is 9.19. The topological polar surface area (TPSA) is 0 Å². The summed E-state index contributed by atoms with van der Waals surface area (Å²) in [5.41, 5.74) is 0. The van der Waals surface area contributed by atoms with E-state index < -0.39 is 25.6 Å². The first-order valence-corrected chi connectivity index (χ1v) is 10.4. The van der Waals surface area contributed by atoms with Gasteiger partial charge in [0, 0.05) is 6.42 Å². The van der Waals surface area contributed by atoms with Crippen molar-refractivity contribution in [2.24, 2.45) is 0 Å². The first-order valence-electron chi connectivity index (χ1n) is 7.81. The van der Waals surface area contributed by atoms with E-state index in [1.807, 2.05) is 27.7 Å². The molecule has 0 rings (SSSR count). The monoisotopic (exact) mass is 306 g/mol. The minimum absolute atomic E-state index is 0.000691. The van der Waals surface area contributed by atoms with Crippen molar-refractivity contribution in [2.75, 3.05) is 0 Å². The van der Waals surface area contributed by atoms with Crippen molar-refractivity contribution >= 4 is 8.07 Å². The second kappa shape index (κ2) is 9.43. The molecule has 118 valence electrons. The molecule has 0 fully saturated rings. The zero-order valence-corrected chi connectivity index (χ0v) is 14.6. The van der Waals surface area contributed by atoms with E-state index in [1.165, 1.54) is 0 Å². The molecular formula is C16H29F3Si. The van der Waals surface area contributed by atoms with E-state index in [1.54, 1.807) is 6.92 Å². The molecular weight excluding hydrogens is 277 g/mol. The third-order valence-corrected chi connectivity index (χ3v) is 10.5. The maximum atomic E-state index is 14.2. The van der Waals surface area contributed by atoms with Crippen molar-refractivity contribution in [1.29, 1.82) is 0 Å². The molecule has 0 aromatic carbocycles. The Morgan fingerprint density at radius 1 is 0.800 bits per heavy atom. The van der Waals surface area contributed by atoms with Gasteiger partial charge in [0.25, 0.3) is 0 Å². The van der Waals surface area contributed by atoms with Crippen LogP contribution in [0, 0.1) is 0 Å². The van der Waals surface area contributed by atoms with Crippen molar-refractivity contribution in [3.8, 4) is 0 Å². The van der Waals surface area contributed by atoms with Crippen molar-refractivity contribution in [3.05, 3.63) is 22.7 Å². The fourth-order valence-electron chi connectivity index (χ4n) is 2.70. The van der Waals surface area contributed by atoms with Crippen molar-refractivity contribution in [3.63, 3.8) is 0 Å². The van der Waals surface area contributed by atoms with Crippen LogP contribution < -0.4 is 0 Å². The summed E-state index contributed by atoms with van der Waals surface area (Å²) in [5.74, 6) is -3.12. The Labute approximate surface area is 123 Å². The third kappa shape index (κ3) is 4.79. The Bertz CT molecular complexity index is 346. The first-order chi connectivity index (χ1) is 9.40. The van der Waals surface area contributed by atoms with Gasteiger partial charge in [0.1, 0.15) is 5.83 Å². The lowest BCUT2D eigenvalue weighted by molar-refractivity contribution is 0.466. The summed E-state index contributed by atoms with van der Waals surface area (Å²) in [6.45, 7) is 9.71. The molecule has 0 bridgehead atoms. The number of hydrogen-bond acceptors (Lipinski definition) is 0. The van der Waals surface area contributed by atoms with Crippen LogP contribution in [0.5, 0.6) is 0 Å². The summed E-state index contributed by atoms with van der Waals surface area (Å²) in [4.78, 5) is 0. The summed E-state index contributed by atoms with van der Waals surface area (Å²) in [6, 6.07) is 2.60. The van der Waals surface area contributed by atoms with Crippen LogP contribution in [0.15, 0.2) is 22.7 Å². The van der Waals surface area contributed by atoms with Gasteiger partial charge >= 0.3 is 0 Å². The number of unbranched alkanes of at least 4 members (excludes halogenated alkanes) is 2. The van der Waals surface area contributed by atoms with Crippen LogP contribution in [0.1, 0.15) is 60.3 Å². The Morgan fingerprint density at radius 3 is 1.70 bits per heavy atom. The molecule has 0 aromatic rings. The molecule has 0 unspecified atom stereocenters. The van der Waals surface area contributed by atoms with Crippen LogP contribution in [0.3, 0.4) is 0 Å². The molecule has 0 nitrogen and oxygen atoms in total. The molecule has 0 N–H and O–H groups in total. The lowest BCUT2D eigenvalue weighted by atomic mass is 10.2. The summed E-state index contributed by atoms with van der Waals surface area (Å²) >= 11 is 0. The molecule has 0 aliphatic carbocycles. The lowest BCUT2D eigenvalue weighted by Crippen LogP contribution is -2.34. The predicted molar refractivity (Wildman–Crippen MR) is 84.4 cm³/mol. The van der Waals surface area contributed by atoms with Crippen molar-refractivity contribution in [1.82, 2.24) is 0 Å². The van der Waals surface area contributed by atoms with Crippen molar-refractivity contribution < 1.29 is 13.2 Å². The molecule has 0 heterocycles. The highest BCUT2D eigenvalue weighted by Crippen LogP contribution is 2.35. The van der Waals surface area contributed by atoms with Gasteiger partial charge in [0.05, 0.1) is 8.07 Å². The van der Waals surface area contributed by atoms with Crippen LogP contribution >= 0.6 is 0 Å². The van der Waals surface area contributed by atoms with Gasteiger partial charge in [0.2, 0.25) is 0 Å². The molecule has 0 spiro atoms. The smallest absolute Gasteiger partial charge is 0.189 e. The molecule has 4 heteroatoms. The largest absolute Gasteiger partial charge is 0.208 e. The summed E-state index contributed by atoms with van der Waals surface area (Å²) in [5, 5.41) is 0.480. The van der Waals surface area contributed by atoms with Crippen LogP contribution in [-0.2, 0) is 0 Å². The fraction of sp³-hybridized carbons (Fsp3) is 0.750. The van der Waals surface area contributed by atoms with Gasteiger partial charge in [0.15, 0.2) is 11.7 Å². The van der Waals surface area contributed by atoms with E-state index in [2.05, 4.69) is 0 Å². The van der Waals surface area contributed by atoms with Gasteiger partial charge in [-0.15, -0.1) is 0 Å². The molecule has 0 aliphatic heterocycles. The number of rotatable bonds is 9. The van der Waals surface area contributed by atoms with Gasteiger partial charge < -0.3 is 0 Å². The highest BCUT2D eigenvalue weighted by atomic mass is 28.3. The van der Waals surface area contributed by atoms with E-state index in [4.69, 9.17) is 0 Å². The maximum Gasteiger partial charge on any atom is 0.189 e. The van der Waals surface area contributed by atoms with E-state index in [-0.39, 0.29) is 6.42 Å². The van der Waals surface area contributed by atoms with Gasteiger partial charge in [-0.3, -0.25) is 0 Å². The SMILES string of the molecule is CCCCC/C(F)=C(F)/C(F)=C(\C)[Si](CC)(CC)CC. The summed E-state index contributed by atoms with van der Waals surface area (Å²) in [6.07, 6.45) is 2.34. The molecule has 0 saturated heterocycles. The minimum atomic E-state index is -1.97. The normalized spacial score (nSPS) is 15.0. The Balaban J connectivity index is 5.30. The standard InChI is InChI=1S/C16H29F3Si/c1-6-10-11-12-14(17)16(19)15(18)13(5)20(7-2,8-3)9-4/h6-12H2,1-5H3/b15-13-,16-14+. The van der Waals surface area contributed by atoms with Gasteiger partial charge in [-0.25, -0.2) is 13.2 Å². The number of halogens is 3. The lowest BCUT2D eigenvalue weighted by Gasteiger charge is -2.29. The van der Waals surface area contributed by atoms with Crippen LogP contribution in [-0.4, -0.2) is 8.07 Å². The van der Waals surface area contributed by atoms with Gasteiger partial charge in [-0.2, -0.15) is 0 Å². The molecule has 0 aromatic heterocycles. The van der Waals surface area contributed by atoms with E-state index in [0.29, 0.717) is 11.6 Å². The average Bonchev–Trinajstić information content (AvgIpc) is 2.48. The quantitative estimate of drug-likeness (QED) is 0.244. The van der Waals surface area contributed by atoms with Crippen LogP contribution in [0.2, 0.25) is 18.1 Å². The predicted octanol–water partition coefficient (Wildman–Crippen LogP) is 7.01. The molecule has 0 aliphatic rings. The number of hydrogen-bond donors (Lipinski definition) is 0. The van der Waals surface area contributed by atoms with E-state index >= 15 is 0 Å². The highest BCUT2D eigenvalue weighted by molar-refractivity contribution is 6.86. The molecule has 0 atom stereocenters. The molecule has 20 heavy (non-hydrogen) atoms. The van der Waals surface area contributed by atoms with Gasteiger partial charge in [-0.1, -0.05) is 58.7 Å². The Morgan fingerprint density at radius 2 is 1.30 bits per heavy atom. The molecule has 0 radical (unpaired) electrons. The fourth-order valence-corrected chi connectivity index (χ4v) is 6.37. The second-order valence-electron chi connectivity index (χ2n) is 5.46. The molecule has 0 amide bonds. The second-order valence-corrected chi connectivity index (χ2v) is 10.9. The van der Waals surface area contributed by atoms with E-state index in [9.17, 15) is 13.2 Å². The van der Waals surface area contributed by atoms with Crippen LogP contribution in [0.4, 0.5) is 13.2 Å². The minimum Gasteiger partial charge on any atom is -0.208 e. The molecule has 0 saturated carbocycles. The van der Waals surface area contributed by atoms with Crippen LogP contribution in [0.25, 0.3) is 0 Å². The zero-order valence-electron chi connectivity index (χ0n) is 13.6.